The highest BCUT2D eigenvalue weighted by Crippen LogP contribution is 2.48. The molecule has 7 heteroatoms. The summed E-state index contributed by atoms with van der Waals surface area (Å²) in [5, 5.41) is 0. The van der Waals surface area contributed by atoms with Gasteiger partial charge in [-0.1, -0.05) is 30.3 Å². The number of carbonyl (C=O) groups is 1. The van der Waals surface area contributed by atoms with Crippen LogP contribution in [0.1, 0.15) is 23.5 Å². The Morgan fingerprint density at radius 2 is 1.81 bits per heavy atom. The first kappa shape index (κ1) is 18.2. The Morgan fingerprint density at radius 1 is 1.15 bits per heavy atom. The monoisotopic (exact) mass is 367 g/mol. The van der Waals surface area contributed by atoms with Crippen molar-refractivity contribution in [2.24, 2.45) is 5.92 Å². The van der Waals surface area contributed by atoms with Crippen LogP contribution in [0.5, 0.6) is 5.75 Å². The smallest absolute Gasteiger partial charge is 0.405 e. The summed E-state index contributed by atoms with van der Waals surface area (Å²) < 4.78 is 54.5. The maximum Gasteiger partial charge on any atom is 0.573 e. The van der Waals surface area contributed by atoms with Crippen LogP contribution >= 0.6 is 0 Å². The average molecular weight is 367 g/mol. The number of hydrogen-bond acceptors (Lipinski definition) is 2. The molecule has 2 atom stereocenters. The summed E-state index contributed by atoms with van der Waals surface area (Å²) in [5.74, 6) is -1.02. The molecule has 1 amide bonds. The molecule has 1 saturated carbocycles. The summed E-state index contributed by atoms with van der Waals surface area (Å²) in [4.78, 5) is 13.9. The summed E-state index contributed by atoms with van der Waals surface area (Å²) in [5.41, 5.74) is 1.17. The Morgan fingerprint density at radius 3 is 2.46 bits per heavy atom. The molecule has 0 N–H and O–H groups in total. The molecule has 0 saturated heterocycles. The van der Waals surface area contributed by atoms with E-state index in [1.165, 1.54) is 35.2 Å². The van der Waals surface area contributed by atoms with E-state index >= 15 is 0 Å². The van der Waals surface area contributed by atoms with Crippen molar-refractivity contribution in [1.82, 2.24) is 4.90 Å². The maximum absolute atomic E-state index is 13.0. The number of para-hydroxylation sites is 1. The lowest BCUT2D eigenvalue weighted by molar-refractivity contribution is -0.275. The zero-order valence-electron chi connectivity index (χ0n) is 14.0. The van der Waals surface area contributed by atoms with Crippen molar-refractivity contribution in [3.8, 4) is 5.75 Å². The fraction of sp³-hybridized carbons (Fsp3) is 0.316. The second kappa shape index (κ2) is 6.97. The third-order valence-electron chi connectivity index (χ3n) is 4.39. The normalized spacial score (nSPS) is 19.1. The van der Waals surface area contributed by atoms with Crippen LogP contribution in [-0.4, -0.2) is 24.2 Å². The topological polar surface area (TPSA) is 29.5 Å². The Bertz CT molecular complexity index is 789. The van der Waals surface area contributed by atoms with E-state index < -0.39 is 6.36 Å². The molecule has 1 aliphatic carbocycles. The standard InChI is InChI=1S/C19H17F4NO2/c1-24(11-13-4-2-3-5-17(13)26-19(21,22)23)18(25)16-10-15(16)12-6-8-14(20)9-7-12/h2-9,15-16H,10-11H2,1H3. The van der Waals surface area contributed by atoms with E-state index in [-0.39, 0.29) is 41.4 Å². The lowest BCUT2D eigenvalue weighted by Crippen LogP contribution is -2.28. The fourth-order valence-corrected chi connectivity index (χ4v) is 3.02. The van der Waals surface area contributed by atoms with Gasteiger partial charge in [0.2, 0.25) is 5.91 Å². The van der Waals surface area contributed by atoms with Crippen molar-refractivity contribution in [3.63, 3.8) is 0 Å². The van der Waals surface area contributed by atoms with E-state index in [2.05, 4.69) is 4.74 Å². The van der Waals surface area contributed by atoms with Crippen LogP contribution in [0, 0.1) is 11.7 Å². The highest BCUT2D eigenvalue weighted by molar-refractivity contribution is 5.82. The number of halogens is 4. The molecule has 3 rings (SSSR count). The van der Waals surface area contributed by atoms with Crippen molar-refractivity contribution < 1.29 is 27.1 Å². The lowest BCUT2D eigenvalue weighted by atomic mass is 10.1. The SMILES string of the molecule is CN(Cc1ccccc1OC(F)(F)F)C(=O)C1CC1c1ccc(F)cc1. The minimum absolute atomic E-state index is 0.0116. The molecule has 26 heavy (non-hydrogen) atoms. The average Bonchev–Trinajstić information content (AvgIpc) is 3.36. The maximum atomic E-state index is 13.0. The predicted octanol–water partition coefficient (Wildman–Crippen LogP) is 4.49. The molecule has 0 heterocycles. The first-order chi connectivity index (χ1) is 12.2. The van der Waals surface area contributed by atoms with Gasteiger partial charge in [0.15, 0.2) is 0 Å². The van der Waals surface area contributed by atoms with Crippen LogP contribution < -0.4 is 4.74 Å². The highest BCUT2D eigenvalue weighted by atomic mass is 19.4. The van der Waals surface area contributed by atoms with E-state index in [1.807, 2.05) is 0 Å². The number of amides is 1. The van der Waals surface area contributed by atoms with Crippen molar-refractivity contribution in [1.29, 1.82) is 0 Å². The van der Waals surface area contributed by atoms with Gasteiger partial charge in [-0.15, -0.1) is 13.2 Å². The fourth-order valence-electron chi connectivity index (χ4n) is 3.02. The van der Waals surface area contributed by atoms with Crippen LogP contribution in [0.4, 0.5) is 17.6 Å². The first-order valence-corrected chi connectivity index (χ1v) is 8.08. The van der Waals surface area contributed by atoms with Gasteiger partial charge in [-0.25, -0.2) is 4.39 Å². The number of carbonyl (C=O) groups excluding carboxylic acids is 1. The Balaban J connectivity index is 1.65. The molecule has 2 aromatic rings. The zero-order valence-corrected chi connectivity index (χ0v) is 14.0. The van der Waals surface area contributed by atoms with Crippen molar-refractivity contribution in [2.75, 3.05) is 7.05 Å². The van der Waals surface area contributed by atoms with Gasteiger partial charge in [0.05, 0.1) is 0 Å². The van der Waals surface area contributed by atoms with Gasteiger partial charge in [0.25, 0.3) is 0 Å². The third-order valence-corrected chi connectivity index (χ3v) is 4.39. The van der Waals surface area contributed by atoms with Gasteiger partial charge >= 0.3 is 6.36 Å². The lowest BCUT2D eigenvalue weighted by Gasteiger charge is -2.20. The van der Waals surface area contributed by atoms with E-state index in [1.54, 1.807) is 25.2 Å². The minimum Gasteiger partial charge on any atom is -0.405 e. The molecule has 2 aromatic carbocycles. The molecule has 1 aliphatic rings. The van der Waals surface area contributed by atoms with Crippen LogP contribution in [0.25, 0.3) is 0 Å². The van der Waals surface area contributed by atoms with Crippen LogP contribution in [-0.2, 0) is 11.3 Å². The molecule has 0 aliphatic heterocycles. The van der Waals surface area contributed by atoms with E-state index in [4.69, 9.17) is 0 Å². The highest BCUT2D eigenvalue weighted by Gasteiger charge is 2.45. The molecule has 2 unspecified atom stereocenters. The third kappa shape index (κ3) is 4.33. The van der Waals surface area contributed by atoms with E-state index in [0.29, 0.717) is 6.42 Å². The minimum atomic E-state index is -4.79. The summed E-state index contributed by atoms with van der Waals surface area (Å²) in [6.07, 6.45) is -4.14. The molecule has 0 radical (unpaired) electrons. The summed E-state index contributed by atoms with van der Waals surface area (Å²) in [7, 11) is 1.55. The Hall–Kier alpha value is -2.57. The predicted molar refractivity (Wildman–Crippen MR) is 86.8 cm³/mol. The number of alkyl halides is 3. The van der Waals surface area contributed by atoms with Crippen molar-refractivity contribution in [3.05, 3.63) is 65.5 Å². The van der Waals surface area contributed by atoms with E-state index in [0.717, 1.165) is 5.56 Å². The second-order valence-electron chi connectivity index (χ2n) is 6.35. The van der Waals surface area contributed by atoms with Crippen molar-refractivity contribution in [2.45, 2.75) is 25.2 Å². The van der Waals surface area contributed by atoms with E-state index in [9.17, 15) is 22.4 Å². The number of rotatable bonds is 5. The molecule has 138 valence electrons. The molecule has 1 fully saturated rings. The van der Waals surface area contributed by atoms with Crippen LogP contribution in [0.15, 0.2) is 48.5 Å². The Labute approximate surface area is 148 Å². The van der Waals surface area contributed by atoms with Crippen LogP contribution in [0.2, 0.25) is 0 Å². The number of ether oxygens (including phenoxy) is 1. The van der Waals surface area contributed by atoms with Crippen molar-refractivity contribution >= 4 is 5.91 Å². The molecule has 0 aromatic heterocycles. The van der Waals surface area contributed by atoms with Crippen LogP contribution in [0.3, 0.4) is 0 Å². The Kier molecular flexibility index (Phi) is 4.89. The summed E-state index contributed by atoms with van der Waals surface area (Å²) in [6.45, 7) is 0.0116. The summed E-state index contributed by atoms with van der Waals surface area (Å²) >= 11 is 0. The van der Waals surface area contributed by atoms with Gasteiger partial charge in [-0.05, 0) is 36.1 Å². The second-order valence-corrected chi connectivity index (χ2v) is 6.35. The first-order valence-electron chi connectivity index (χ1n) is 8.08. The molecular formula is C19H17F4NO2. The molecule has 0 bridgehead atoms. The molecular weight excluding hydrogens is 350 g/mol. The molecule has 0 spiro atoms. The summed E-state index contributed by atoms with van der Waals surface area (Å²) in [6, 6.07) is 11.8. The largest absolute Gasteiger partial charge is 0.573 e. The number of nitrogens with zero attached hydrogens (tertiary/aromatic N) is 1. The number of benzene rings is 2. The van der Waals surface area contributed by atoms with Gasteiger partial charge < -0.3 is 9.64 Å². The quantitative estimate of drug-likeness (QED) is 0.729. The van der Waals surface area contributed by atoms with Gasteiger partial charge in [0, 0.05) is 25.1 Å². The molecule has 3 nitrogen and oxygen atoms in total. The van der Waals surface area contributed by atoms with Gasteiger partial charge in [0.1, 0.15) is 11.6 Å². The van der Waals surface area contributed by atoms with Gasteiger partial charge in [-0.2, -0.15) is 0 Å². The van der Waals surface area contributed by atoms with Gasteiger partial charge in [-0.3, -0.25) is 4.79 Å². The zero-order chi connectivity index (χ0) is 18.9. The number of hydrogen-bond donors (Lipinski definition) is 0.